The van der Waals surface area contributed by atoms with Crippen LogP contribution in [0.4, 0.5) is 0 Å². The Hall–Kier alpha value is -2.07. The van der Waals surface area contributed by atoms with Crippen molar-refractivity contribution >= 4 is 5.91 Å². The van der Waals surface area contributed by atoms with Gasteiger partial charge in [0.1, 0.15) is 12.4 Å². The van der Waals surface area contributed by atoms with E-state index in [-0.39, 0.29) is 29.7 Å². The summed E-state index contributed by atoms with van der Waals surface area (Å²) in [5.74, 6) is 0.482. The van der Waals surface area contributed by atoms with E-state index in [9.17, 15) is 4.79 Å². The second-order valence-electron chi connectivity index (χ2n) is 6.92. The highest BCUT2D eigenvalue weighted by molar-refractivity contribution is 5.93. The Bertz CT molecular complexity index is 730. The molecular weight excluding hydrogens is 290 g/mol. The maximum Gasteiger partial charge on any atom is 0.287 e. The first-order chi connectivity index (χ1) is 10.9. The van der Waals surface area contributed by atoms with Crippen LogP contribution in [0.1, 0.15) is 65.7 Å². The van der Waals surface area contributed by atoms with Crippen LogP contribution in [0.3, 0.4) is 0 Å². The third kappa shape index (κ3) is 2.91. The summed E-state index contributed by atoms with van der Waals surface area (Å²) in [6, 6.07) is 10.0. The molecule has 0 fully saturated rings. The molecule has 1 aliphatic rings. The van der Waals surface area contributed by atoms with Gasteiger partial charge in [0, 0.05) is 5.56 Å². The van der Waals surface area contributed by atoms with Crippen molar-refractivity contribution in [2.75, 3.05) is 0 Å². The predicted octanol–water partition coefficient (Wildman–Crippen LogP) is 3.62. The Morgan fingerprint density at radius 1 is 1.39 bits per heavy atom. The number of aliphatic hydroxyl groups excluding tert-OH is 1. The van der Waals surface area contributed by atoms with E-state index in [1.165, 1.54) is 11.1 Å². The lowest BCUT2D eigenvalue weighted by Gasteiger charge is -2.37. The van der Waals surface area contributed by atoms with Gasteiger partial charge < -0.3 is 14.8 Å². The number of fused-ring (bicyclic) bond motifs is 1. The maximum atomic E-state index is 12.5. The predicted molar refractivity (Wildman–Crippen MR) is 88.3 cm³/mol. The van der Waals surface area contributed by atoms with Crippen molar-refractivity contribution in [3.63, 3.8) is 0 Å². The standard InChI is InChI=1S/C19H23NO3/c1-12-10-13(11-21)23-17(12)18(22)20-16-8-9-19(2,3)15-7-5-4-6-14(15)16/h4-7,10,16,21H,8-9,11H2,1-3H3,(H,20,22). The normalized spacial score (nSPS) is 19.2. The summed E-state index contributed by atoms with van der Waals surface area (Å²) in [4.78, 5) is 12.5. The molecule has 0 radical (unpaired) electrons. The molecule has 1 aromatic heterocycles. The Kier molecular flexibility index (Phi) is 4.02. The Labute approximate surface area is 136 Å². The first-order valence-electron chi connectivity index (χ1n) is 8.03. The summed E-state index contributed by atoms with van der Waals surface area (Å²) in [7, 11) is 0. The van der Waals surface area contributed by atoms with Crippen LogP contribution < -0.4 is 5.32 Å². The van der Waals surface area contributed by atoms with Crippen molar-refractivity contribution in [3.05, 3.63) is 58.5 Å². The largest absolute Gasteiger partial charge is 0.453 e. The van der Waals surface area contributed by atoms with E-state index >= 15 is 0 Å². The Morgan fingerprint density at radius 3 is 2.83 bits per heavy atom. The van der Waals surface area contributed by atoms with Crippen LogP contribution >= 0.6 is 0 Å². The molecule has 1 aliphatic carbocycles. The zero-order valence-corrected chi connectivity index (χ0v) is 13.8. The van der Waals surface area contributed by atoms with Crippen LogP contribution in [0, 0.1) is 6.92 Å². The first-order valence-corrected chi connectivity index (χ1v) is 8.03. The van der Waals surface area contributed by atoms with E-state index < -0.39 is 0 Å². The number of furan rings is 1. The van der Waals surface area contributed by atoms with E-state index in [1.807, 2.05) is 13.0 Å². The van der Waals surface area contributed by atoms with E-state index in [2.05, 4.69) is 37.4 Å². The molecule has 23 heavy (non-hydrogen) atoms. The van der Waals surface area contributed by atoms with Crippen molar-refractivity contribution in [3.8, 4) is 0 Å². The fourth-order valence-corrected chi connectivity index (χ4v) is 3.44. The van der Waals surface area contributed by atoms with Gasteiger partial charge in [-0.2, -0.15) is 0 Å². The molecule has 4 nitrogen and oxygen atoms in total. The SMILES string of the molecule is Cc1cc(CO)oc1C(=O)NC1CCC(C)(C)c2ccccc21. The van der Waals surface area contributed by atoms with Crippen LogP contribution in [-0.2, 0) is 12.0 Å². The molecule has 1 amide bonds. The third-order valence-corrected chi connectivity index (χ3v) is 4.76. The maximum absolute atomic E-state index is 12.5. The van der Waals surface area contributed by atoms with E-state index in [0.29, 0.717) is 5.76 Å². The van der Waals surface area contributed by atoms with Crippen LogP contribution in [0.15, 0.2) is 34.7 Å². The molecule has 1 aromatic carbocycles. The summed E-state index contributed by atoms with van der Waals surface area (Å²) >= 11 is 0. The minimum Gasteiger partial charge on any atom is -0.453 e. The molecule has 0 saturated carbocycles. The lowest BCUT2D eigenvalue weighted by Crippen LogP contribution is -2.35. The van der Waals surface area contributed by atoms with Crippen LogP contribution in [-0.4, -0.2) is 11.0 Å². The highest BCUT2D eigenvalue weighted by Gasteiger charge is 2.33. The number of aliphatic hydroxyl groups is 1. The fourth-order valence-electron chi connectivity index (χ4n) is 3.44. The highest BCUT2D eigenvalue weighted by atomic mass is 16.4. The van der Waals surface area contributed by atoms with Gasteiger partial charge in [-0.3, -0.25) is 4.79 Å². The van der Waals surface area contributed by atoms with Gasteiger partial charge in [0.2, 0.25) is 0 Å². The number of nitrogens with one attached hydrogen (secondary N) is 1. The van der Waals surface area contributed by atoms with Gasteiger partial charge in [-0.25, -0.2) is 0 Å². The summed E-state index contributed by atoms with van der Waals surface area (Å²) in [5, 5.41) is 12.2. The minimum atomic E-state index is -0.221. The van der Waals surface area contributed by atoms with Gasteiger partial charge in [0.25, 0.3) is 5.91 Å². The number of hydrogen-bond acceptors (Lipinski definition) is 3. The second kappa shape index (κ2) is 5.85. The minimum absolute atomic E-state index is 0.00574. The van der Waals surface area contributed by atoms with Crippen molar-refractivity contribution < 1.29 is 14.3 Å². The molecule has 4 heteroatoms. The average Bonchev–Trinajstić information content (AvgIpc) is 2.92. The zero-order valence-electron chi connectivity index (χ0n) is 13.8. The summed E-state index contributed by atoms with van der Waals surface area (Å²) in [6.45, 7) is 6.10. The number of hydrogen-bond donors (Lipinski definition) is 2. The molecule has 122 valence electrons. The molecule has 1 heterocycles. The van der Waals surface area contributed by atoms with Crippen molar-refractivity contribution in [2.45, 2.75) is 51.7 Å². The smallest absolute Gasteiger partial charge is 0.287 e. The third-order valence-electron chi connectivity index (χ3n) is 4.76. The number of rotatable bonds is 3. The molecule has 0 spiro atoms. The molecular formula is C19H23NO3. The summed E-state index contributed by atoms with van der Waals surface area (Å²) < 4.78 is 5.43. The van der Waals surface area contributed by atoms with E-state index in [4.69, 9.17) is 9.52 Å². The zero-order chi connectivity index (χ0) is 16.6. The highest BCUT2D eigenvalue weighted by Crippen LogP contribution is 2.41. The van der Waals surface area contributed by atoms with Crippen molar-refractivity contribution in [1.82, 2.24) is 5.32 Å². The van der Waals surface area contributed by atoms with Gasteiger partial charge in [-0.05, 0) is 42.4 Å². The lowest BCUT2D eigenvalue weighted by molar-refractivity contribution is 0.0895. The Balaban J connectivity index is 1.86. The molecule has 0 bridgehead atoms. The molecule has 2 N–H and O–H groups in total. The molecule has 3 rings (SSSR count). The lowest BCUT2D eigenvalue weighted by atomic mass is 9.71. The van der Waals surface area contributed by atoms with E-state index in [1.54, 1.807) is 6.07 Å². The van der Waals surface area contributed by atoms with Crippen LogP contribution in [0.25, 0.3) is 0 Å². The number of amides is 1. The van der Waals surface area contributed by atoms with Crippen molar-refractivity contribution in [2.24, 2.45) is 0 Å². The van der Waals surface area contributed by atoms with Gasteiger partial charge in [-0.1, -0.05) is 38.1 Å². The van der Waals surface area contributed by atoms with Gasteiger partial charge in [0.15, 0.2) is 5.76 Å². The second-order valence-corrected chi connectivity index (χ2v) is 6.92. The molecule has 1 unspecified atom stereocenters. The number of benzene rings is 1. The Morgan fingerprint density at radius 2 is 2.13 bits per heavy atom. The van der Waals surface area contributed by atoms with Gasteiger partial charge in [0.05, 0.1) is 6.04 Å². The molecule has 2 aromatic rings. The van der Waals surface area contributed by atoms with Crippen LogP contribution in [0.2, 0.25) is 0 Å². The topological polar surface area (TPSA) is 62.5 Å². The van der Waals surface area contributed by atoms with Crippen LogP contribution in [0.5, 0.6) is 0 Å². The number of carbonyl (C=O) groups excluding carboxylic acids is 1. The van der Waals surface area contributed by atoms with E-state index in [0.717, 1.165) is 18.4 Å². The monoisotopic (exact) mass is 313 g/mol. The molecule has 0 saturated heterocycles. The quantitative estimate of drug-likeness (QED) is 0.909. The average molecular weight is 313 g/mol. The summed E-state index contributed by atoms with van der Waals surface area (Å²) in [5.41, 5.74) is 3.35. The molecule has 0 aliphatic heterocycles. The van der Waals surface area contributed by atoms with Gasteiger partial charge in [-0.15, -0.1) is 0 Å². The first kappa shape index (κ1) is 15.8. The number of carbonyl (C=O) groups is 1. The van der Waals surface area contributed by atoms with Gasteiger partial charge >= 0.3 is 0 Å². The fraction of sp³-hybridized carbons (Fsp3) is 0.421. The van der Waals surface area contributed by atoms with Crippen molar-refractivity contribution in [1.29, 1.82) is 0 Å². The molecule has 1 atom stereocenters. The summed E-state index contributed by atoms with van der Waals surface area (Å²) in [6.07, 6.45) is 1.93. The number of aryl methyl sites for hydroxylation is 1.